The number of aryl methyl sites for hydroxylation is 1. The topological polar surface area (TPSA) is 88.0 Å². The van der Waals surface area contributed by atoms with Gasteiger partial charge >= 0.3 is 0 Å². The Bertz CT molecular complexity index is 965. The highest BCUT2D eigenvalue weighted by Crippen LogP contribution is 2.31. The smallest absolute Gasteiger partial charge is 0.251 e. The van der Waals surface area contributed by atoms with Gasteiger partial charge in [-0.3, -0.25) is 9.78 Å². The number of benzene rings is 1. The molecule has 28 heavy (non-hydrogen) atoms. The van der Waals surface area contributed by atoms with Crippen LogP contribution in [0, 0.1) is 6.92 Å². The number of carbonyl (C=O) groups excluding carboxylic acids is 1. The third-order valence-electron chi connectivity index (χ3n) is 4.29. The summed E-state index contributed by atoms with van der Waals surface area (Å²) in [6.07, 6.45) is 1.19. The fraction of sp³-hybridized carbons (Fsp3) is 0.333. The second kappa shape index (κ2) is 8.58. The molecule has 2 N–H and O–H groups in total. The molecule has 0 bridgehead atoms. The Labute approximate surface area is 169 Å². The first-order valence-electron chi connectivity index (χ1n) is 9.22. The van der Waals surface area contributed by atoms with E-state index in [4.69, 9.17) is 0 Å². The van der Waals surface area contributed by atoms with Gasteiger partial charge in [-0.25, -0.2) is 0 Å². The van der Waals surface area contributed by atoms with E-state index in [1.165, 1.54) is 11.7 Å². The quantitative estimate of drug-likeness (QED) is 0.661. The summed E-state index contributed by atoms with van der Waals surface area (Å²) in [5, 5.41) is 12.2. The lowest BCUT2D eigenvalue weighted by Crippen LogP contribution is -2.30. The lowest BCUT2D eigenvalue weighted by molar-refractivity contribution is 0.0924. The van der Waals surface area contributed by atoms with Gasteiger partial charge in [0.25, 0.3) is 5.91 Å². The highest BCUT2D eigenvalue weighted by molar-refractivity contribution is 6.99. The maximum absolute atomic E-state index is 12.7. The molecule has 0 aliphatic carbocycles. The predicted molar refractivity (Wildman–Crippen MR) is 111 cm³/mol. The fourth-order valence-corrected chi connectivity index (χ4v) is 3.51. The molecule has 0 saturated heterocycles. The largest absolute Gasteiger partial charge is 0.392 e. The van der Waals surface area contributed by atoms with Crippen molar-refractivity contribution < 1.29 is 9.90 Å². The first-order valence-corrected chi connectivity index (χ1v) is 9.95. The van der Waals surface area contributed by atoms with Crippen LogP contribution in [0.3, 0.4) is 0 Å². The average Bonchev–Trinajstić information content (AvgIpc) is 3.16. The van der Waals surface area contributed by atoms with E-state index in [1.54, 1.807) is 13.1 Å². The lowest BCUT2D eigenvalue weighted by atomic mass is 9.97. The maximum atomic E-state index is 12.7. The fourth-order valence-electron chi connectivity index (χ4n) is 2.80. The number of nitrogens with one attached hydrogen (secondary N) is 1. The van der Waals surface area contributed by atoms with Gasteiger partial charge in [-0.2, -0.15) is 8.75 Å². The minimum atomic E-state index is -0.611. The number of aliphatic hydroxyl groups is 1. The van der Waals surface area contributed by atoms with E-state index in [9.17, 15) is 9.90 Å². The lowest BCUT2D eigenvalue weighted by Gasteiger charge is -2.12. The van der Waals surface area contributed by atoms with Gasteiger partial charge in [-0.05, 0) is 49.6 Å². The second-order valence-electron chi connectivity index (χ2n) is 7.23. The molecule has 3 aromatic rings. The molecule has 2 aromatic heterocycles. The number of amides is 1. The summed E-state index contributed by atoms with van der Waals surface area (Å²) < 4.78 is 8.89. The zero-order valence-electron chi connectivity index (χ0n) is 16.4. The Morgan fingerprint density at radius 3 is 2.54 bits per heavy atom. The van der Waals surface area contributed by atoms with Gasteiger partial charge in [0.2, 0.25) is 0 Å². The van der Waals surface area contributed by atoms with Gasteiger partial charge in [-0.15, -0.1) is 0 Å². The van der Waals surface area contributed by atoms with Crippen molar-refractivity contribution in [2.24, 2.45) is 0 Å². The molecule has 0 spiro atoms. The summed E-state index contributed by atoms with van der Waals surface area (Å²) in [7, 11) is 0. The van der Waals surface area contributed by atoms with E-state index in [0.29, 0.717) is 5.56 Å². The molecule has 7 heteroatoms. The minimum Gasteiger partial charge on any atom is -0.392 e. The van der Waals surface area contributed by atoms with Crippen LogP contribution in [0.1, 0.15) is 48.3 Å². The van der Waals surface area contributed by atoms with Crippen LogP contribution in [0.25, 0.3) is 22.5 Å². The summed E-state index contributed by atoms with van der Waals surface area (Å²) in [6, 6.07) is 9.55. The number of aromatic nitrogens is 3. The van der Waals surface area contributed by atoms with E-state index in [2.05, 4.69) is 32.9 Å². The molecule has 2 heterocycles. The number of hydrogen-bond acceptors (Lipinski definition) is 6. The number of pyridine rings is 1. The molecule has 6 nitrogen and oxygen atoms in total. The van der Waals surface area contributed by atoms with E-state index >= 15 is 0 Å². The van der Waals surface area contributed by atoms with E-state index in [0.717, 1.165) is 33.8 Å². The normalized spacial score (nSPS) is 12.2. The molecule has 3 rings (SSSR count). The number of rotatable bonds is 6. The molecule has 0 radical (unpaired) electrons. The first kappa shape index (κ1) is 20.1. The van der Waals surface area contributed by atoms with Crippen LogP contribution in [0.5, 0.6) is 0 Å². The molecule has 0 unspecified atom stereocenters. The summed E-state index contributed by atoms with van der Waals surface area (Å²) in [5.41, 5.74) is 5.72. The Balaban J connectivity index is 2.09. The minimum absolute atomic E-state index is 0.191. The van der Waals surface area contributed by atoms with Gasteiger partial charge < -0.3 is 10.4 Å². The first-order chi connectivity index (χ1) is 13.3. The van der Waals surface area contributed by atoms with E-state index in [1.807, 2.05) is 37.3 Å². The van der Waals surface area contributed by atoms with Crippen molar-refractivity contribution in [2.75, 3.05) is 6.54 Å². The Kier molecular flexibility index (Phi) is 6.16. The second-order valence-corrected chi connectivity index (χ2v) is 7.76. The van der Waals surface area contributed by atoms with Crippen molar-refractivity contribution in [1.29, 1.82) is 0 Å². The van der Waals surface area contributed by atoms with Gasteiger partial charge in [0, 0.05) is 29.4 Å². The molecule has 1 aromatic carbocycles. The maximum Gasteiger partial charge on any atom is 0.251 e. The average molecular weight is 397 g/mol. The van der Waals surface area contributed by atoms with Crippen molar-refractivity contribution >= 4 is 17.6 Å². The Morgan fingerprint density at radius 1 is 1.14 bits per heavy atom. The molecule has 1 atom stereocenters. The van der Waals surface area contributed by atoms with Crippen LogP contribution in [-0.2, 0) is 0 Å². The highest BCUT2D eigenvalue weighted by atomic mass is 32.1. The summed E-state index contributed by atoms with van der Waals surface area (Å²) >= 11 is 1.17. The molecular formula is C21H24N4O2S. The monoisotopic (exact) mass is 396 g/mol. The van der Waals surface area contributed by atoms with Crippen LogP contribution >= 0.6 is 11.7 Å². The Morgan fingerprint density at radius 2 is 1.89 bits per heavy atom. The van der Waals surface area contributed by atoms with Gasteiger partial charge in [0.15, 0.2) is 0 Å². The van der Waals surface area contributed by atoms with E-state index in [-0.39, 0.29) is 18.4 Å². The van der Waals surface area contributed by atoms with Crippen LogP contribution in [-0.4, -0.2) is 37.4 Å². The number of carbonyl (C=O) groups is 1. The number of aliphatic hydroxyl groups excluding tert-OH is 1. The van der Waals surface area contributed by atoms with Gasteiger partial charge in [0.1, 0.15) is 5.69 Å². The molecule has 1 amide bonds. The zero-order valence-corrected chi connectivity index (χ0v) is 17.2. The third kappa shape index (κ3) is 4.61. The highest BCUT2D eigenvalue weighted by Gasteiger charge is 2.18. The number of nitrogens with zero attached hydrogens (tertiary/aromatic N) is 3. The van der Waals surface area contributed by atoms with Crippen molar-refractivity contribution in [3.05, 3.63) is 53.3 Å². The van der Waals surface area contributed by atoms with Crippen molar-refractivity contribution in [1.82, 2.24) is 19.0 Å². The van der Waals surface area contributed by atoms with Crippen molar-refractivity contribution in [3.63, 3.8) is 0 Å². The number of hydrogen-bond donors (Lipinski definition) is 2. The predicted octanol–water partition coefficient (Wildman–Crippen LogP) is 3.81. The molecule has 0 aliphatic rings. The molecule has 0 fully saturated rings. The zero-order chi connectivity index (χ0) is 20.3. The van der Waals surface area contributed by atoms with Crippen LogP contribution < -0.4 is 5.32 Å². The molecule has 146 valence electrons. The van der Waals surface area contributed by atoms with Gasteiger partial charge in [-0.1, -0.05) is 19.9 Å². The molecule has 0 aliphatic heterocycles. The van der Waals surface area contributed by atoms with Crippen molar-refractivity contribution in [2.45, 2.75) is 39.7 Å². The molecule has 0 saturated carbocycles. The molecular weight excluding hydrogens is 372 g/mol. The SMILES string of the molecule is Cc1ccc(-c2cc(C(=O)NC[C@@H](C)O)cc(-c3nsnc3C(C)C)c2)nc1. The Hall–Kier alpha value is -2.64. The summed E-state index contributed by atoms with van der Waals surface area (Å²) in [4.78, 5) is 17.1. The van der Waals surface area contributed by atoms with Gasteiger partial charge in [0.05, 0.1) is 29.2 Å². The van der Waals surface area contributed by atoms with Crippen LogP contribution in [0.15, 0.2) is 36.5 Å². The van der Waals surface area contributed by atoms with Crippen molar-refractivity contribution in [3.8, 4) is 22.5 Å². The van der Waals surface area contributed by atoms with Crippen LogP contribution in [0.4, 0.5) is 0 Å². The third-order valence-corrected chi connectivity index (χ3v) is 4.84. The summed E-state index contributed by atoms with van der Waals surface area (Å²) in [6.45, 7) is 7.95. The standard InChI is InChI=1S/C21H24N4O2S/c1-12(2)19-20(25-28-24-19)16-7-15(18-6-5-13(3)10-22-18)8-17(9-16)21(27)23-11-14(4)26/h5-10,12,14,26H,11H2,1-4H3,(H,23,27)/t14-/m1/s1. The van der Waals surface area contributed by atoms with E-state index < -0.39 is 6.10 Å². The van der Waals surface area contributed by atoms with Crippen LogP contribution in [0.2, 0.25) is 0 Å². The summed E-state index contributed by atoms with van der Waals surface area (Å²) in [5.74, 6) is -0.0205.